The molecule has 0 unspecified atom stereocenters. The summed E-state index contributed by atoms with van der Waals surface area (Å²) < 4.78 is 26.3. The summed E-state index contributed by atoms with van der Waals surface area (Å²) in [7, 11) is -3.82. The van der Waals surface area contributed by atoms with Crippen molar-refractivity contribution in [2.24, 2.45) is 0 Å². The predicted molar refractivity (Wildman–Crippen MR) is 123 cm³/mol. The van der Waals surface area contributed by atoms with Gasteiger partial charge in [-0.25, -0.2) is 26.8 Å². The molecule has 0 aliphatic carbocycles. The lowest BCUT2D eigenvalue weighted by molar-refractivity contribution is 0.0683. The van der Waals surface area contributed by atoms with Gasteiger partial charge in [-0.1, -0.05) is 36.4 Å². The lowest BCUT2D eigenvalue weighted by atomic mass is 10.1. The number of rotatable bonds is 5. The molecule has 3 N–H and O–H groups in total. The van der Waals surface area contributed by atoms with E-state index in [1.54, 1.807) is 49.4 Å². The van der Waals surface area contributed by atoms with Crippen LogP contribution in [0.5, 0.6) is 0 Å². The Balaban J connectivity index is 0.000000215. The minimum absolute atomic E-state index is 0.00241. The molecule has 1 heterocycles. The highest BCUT2D eigenvalue weighted by Gasteiger charge is 2.23. The number of carboxylic acids is 3. The van der Waals surface area contributed by atoms with Gasteiger partial charge in [-0.2, -0.15) is 0 Å². The molecule has 3 aromatic carbocycles. The number of benzene rings is 3. The second-order valence-corrected chi connectivity index (χ2v) is 8.99. The molecule has 1 aromatic heterocycles. The summed E-state index contributed by atoms with van der Waals surface area (Å²) in [5.41, 5.74) is 0.927. The first-order valence-electron chi connectivity index (χ1n) is 9.74. The Morgan fingerprint density at radius 2 is 1.26 bits per heavy atom. The van der Waals surface area contributed by atoms with Crippen molar-refractivity contribution in [3.63, 3.8) is 0 Å². The molecular formula is C24H19NO8S. The quantitative estimate of drug-likeness (QED) is 0.387. The van der Waals surface area contributed by atoms with Gasteiger partial charge in [0.1, 0.15) is 0 Å². The molecule has 9 nitrogen and oxygen atoms in total. The third-order valence-electron chi connectivity index (χ3n) is 4.78. The molecule has 0 bridgehead atoms. The predicted octanol–water partition coefficient (Wildman–Crippen LogP) is 3.97. The third-order valence-corrected chi connectivity index (χ3v) is 6.47. The van der Waals surface area contributed by atoms with E-state index in [4.69, 9.17) is 10.2 Å². The van der Waals surface area contributed by atoms with Gasteiger partial charge in [0, 0.05) is 11.6 Å². The minimum atomic E-state index is -3.82. The standard InChI is InChI=1S/C15H11NO4S.C9H8O4/c17-15(18)13-10-16(14-9-5-4-8-12(13)14)21(19,20)11-6-2-1-3-7-11;1-5-2-6(8(10)11)4-7(3-5)9(12)13/h1-10H,(H,17,18);2-4H,1H3,(H,10,11)(H,12,13). The van der Waals surface area contributed by atoms with Gasteiger partial charge in [-0.3, -0.25) is 0 Å². The summed E-state index contributed by atoms with van der Waals surface area (Å²) in [6.45, 7) is 1.65. The van der Waals surface area contributed by atoms with Crippen LogP contribution in [0.15, 0.2) is 83.9 Å². The summed E-state index contributed by atoms with van der Waals surface area (Å²) in [5, 5.41) is 26.9. The molecule has 0 amide bonds. The van der Waals surface area contributed by atoms with Crippen LogP contribution >= 0.6 is 0 Å². The van der Waals surface area contributed by atoms with Crippen LogP contribution < -0.4 is 0 Å². The van der Waals surface area contributed by atoms with E-state index in [0.717, 1.165) is 16.2 Å². The van der Waals surface area contributed by atoms with Crippen LogP contribution in [-0.4, -0.2) is 45.6 Å². The SMILES string of the molecule is Cc1cc(C(=O)O)cc(C(=O)O)c1.O=C(O)c1cn(S(=O)(=O)c2ccccc2)c2ccccc12. The Hall–Kier alpha value is -4.44. The summed E-state index contributed by atoms with van der Waals surface area (Å²) in [6.07, 6.45) is 1.15. The lowest BCUT2D eigenvalue weighted by Gasteiger charge is -2.06. The summed E-state index contributed by atoms with van der Waals surface area (Å²) >= 11 is 0. The first-order valence-corrected chi connectivity index (χ1v) is 11.2. The van der Waals surface area contributed by atoms with Crippen LogP contribution in [0.2, 0.25) is 0 Å². The van der Waals surface area contributed by atoms with Crippen molar-refractivity contribution < 1.29 is 38.1 Å². The monoisotopic (exact) mass is 481 g/mol. The van der Waals surface area contributed by atoms with E-state index in [1.165, 1.54) is 24.3 Å². The van der Waals surface area contributed by atoms with Crippen LogP contribution in [0.4, 0.5) is 0 Å². The number of aromatic carboxylic acids is 3. The molecule has 0 aliphatic heterocycles. The first kappa shape index (κ1) is 24.2. The van der Waals surface area contributed by atoms with Crippen LogP contribution in [0.3, 0.4) is 0 Å². The number of hydrogen-bond acceptors (Lipinski definition) is 5. The Bertz CT molecular complexity index is 1470. The molecule has 10 heteroatoms. The van der Waals surface area contributed by atoms with Crippen LogP contribution in [0.25, 0.3) is 10.9 Å². The van der Waals surface area contributed by atoms with Gasteiger partial charge in [0.2, 0.25) is 0 Å². The topological polar surface area (TPSA) is 151 Å². The summed E-state index contributed by atoms with van der Waals surface area (Å²) in [6, 6.07) is 18.4. The van der Waals surface area contributed by atoms with E-state index in [1.807, 2.05) is 0 Å². The van der Waals surface area contributed by atoms with Crippen LogP contribution in [-0.2, 0) is 10.0 Å². The van der Waals surface area contributed by atoms with Crippen molar-refractivity contribution in [3.05, 3.63) is 101 Å². The smallest absolute Gasteiger partial charge is 0.337 e. The van der Waals surface area contributed by atoms with E-state index >= 15 is 0 Å². The van der Waals surface area contributed by atoms with Crippen molar-refractivity contribution in [2.45, 2.75) is 11.8 Å². The highest BCUT2D eigenvalue weighted by Crippen LogP contribution is 2.25. The highest BCUT2D eigenvalue weighted by molar-refractivity contribution is 7.90. The largest absolute Gasteiger partial charge is 0.478 e. The van der Waals surface area contributed by atoms with Crippen molar-refractivity contribution in [1.29, 1.82) is 0 Å². The Kier molecular flexibility index (Phi) is 6.83. The number of aryl methyl sites for hydroxylation is 1. The molecule has 0 saturated heterocycles. The first-order chi connectivity index (χ1) is 16.0. The Labute approximate surface area is 194 Å². The highest BCUT2D eigenvalue weighted by atomic mass is 32.2. The maximum absolute atomic E-state index is 12.7. The molecule has 0 atom stereocenters. The third kappa shape index (κ3) is 4.97. The number of nitrogens with zero attached hydrogens (tertiary/aromatic N) is 1. The van der Waals surface area contributed by atoms with Gasteiger partial charge in [0.05, 0.1) is 27.1 Å². The molecular weight excluding hydrogens is 462 g/mol. The van der Waals surface area contributed by atoms with Crippen LogP contribution in [0, 0.1) is 6.92 Å². The number of carboxylic acid groups (broad SMARTS) is 3. The van der Waals surface area contributed by atoms with Crippen molar-refractivity contribution >= 4 is 38.8 Å². The Morgan fingerprint density at radius 3 is 1.79 bits per heavy atom. The van der Waals surface area contributed by atoms with E-state index in [0.29, 0.717) is 16.5 Å². The number of para-hydroxylation sites is 1. The van der Waals surface area contributed by atoms with Crippen molar-refractivity contribution in [3.8, 4) is 0 Å². The van der Waals surface area contributed by atoms with Gasteiger partial charge in [-0.15, -0.1) is 0 Å². The maximum atomic E-state index is 12.7. The second kappa shape index (κ2) is 9.59. The summed E-state index contributed by atoms with van der Waals surface area (Å²) in [5.74, 6) is -3.40. The van der Waals surface area contributed by atoms with Gasteiger partial charge < -0.3 is 15.3 Å². The molecule has 4 aromatic rings. The van der Waals surface area contributed by atoms with E-state index in [9.17, 15) is 27.9 Å². The van der Waals surface area contributed by atoms with Crippen molar-refractivity contribution in [1.82, 2.24) is 3.97 Å². The molecule has 0 aliphatic rings. The fraction of sp³-hybridized carbons (Fsp3) is 0.0417. The average molecular weight is 481 g/mol. The van der Waals surface area contributed by atoms with E-state index in [2.05, 4.69) is 0 Å². The minimum Gasteiger partial charge on any atom is -0.478 e. The lowest BCUT2D eigenvalue weighted by Crippen LogP contribution is -2.11. The van der Waals surface area contributed by atoms with Crippen LogP contribution in [0.1, 0.15) is 36.6 Å². The zero-order valence-electron chi connectivity index (χ0n) is 17.7. The zero-order chi connectivity index (χ0) is 25.0. The van der Waals surface area contributed by atoms with E-state index in [-0.39, 0.29) is 21.6 Å². The number of hydrogen-bond donors (Lipinski definition) is 3. The molecule has 0 saturated carbocycles. The van der Waals surface area contributed by atoms with Crippen molar-refractivity contribution in [2.75, 3.05) is 0 Å². The zero-order valence-corrected chi connectivity index (χ0v) is 18.6. The maximum Gasteiger partial charge on any atom is 0.337 e. The molecule has 0 spiro atoms. The average Bonchev–Trinajstić information content (AvgIpc) is 3.20. The molecule has 174 valence electrons. The second-order valence-electron chi connectivity index (χ2n) is 7.18. The molecule has 0 fully saturated rings. The normalized spacial score (nSPS) is 10.9. The molecule has 34 heavy (non-hydrogen) atoms. The number of fused-ring (bicyclic) bond motifs is 1. The van der Waals surface area contributed by atoms with Gasteiger partial charge in [0.15, 0.2) is 0 Å². The molecule has 4 rings (SSSR count). The Morgan fingerprint density at radius 1 is 0.735 bits per heavy atom. The van der Waals surface area contributed by atoms with E-state index < -0.39 is 27.9 Å². The summed E-state index contributed by atoms with van der Waals surface area (Å²) in [4.78, 5) is 32.5. The number of aromatic nitrogens is 1. The van der Waals surface area contributed by atoms with Gasteiger partial charge >= 0.3 is 17.9 Å². The molecule has 0 radical (unpaired) electrons. The fourth-order valence-electron chi connectivity index (χ4n) is 3.26. The number of carbonyl (C=O) groups is 3. The van der Waals surface area contributed by atoms with Gasteiger partial charge in [0.25, 0.3) is 10.0 Å². The fourth-order valence-corrected chi connectivity index (χ4v) is 4.65. The van der Waals surface area contributed by atoms with Gasteiger partial charge in [-0.05, 0) is 48.9 Å².